The van der Waals surface area contributed by atoms with Crippen LogP contribution in [0.4, 0.5) is 0 Å². The molecule has 266 valence electrons. The van der Waals surface area contributed by atoms with Gasteiger partial charge in [0.05, 0.1) is 5.39 Å². The van der Waals surface area contributed by atoms with Crippen LogP contribution in [-0.2, 0) is 0 Å². The second-order valence-corrected chi connectivity index (χ2v) is 14.6. The highest BCUT2D eigenvalue weighted by atomic mass is 16.3. The third-order valence-corrected chi connectivity index (χ3v) is 11.0. The topological polar surface area (TPSA) is 38.9 Å². The van der Waals surface area contributed by atoms with Crippen molar-refractivity contribution in [2.24, 2.45) is 0 Å². The van der Waals surface area contributed by atoms with Crippen LogP contribution < -0.4 is 0 Å². The summed E-state index contributed by atoms with van der Waals surface area (Å²) in [4.78, 5) is 10.7. The summed E-state index contributed by atoms with van der Waals surface area (Å²) in [6.45, 7) is 0. The highest BCUT2D eigenvalue weighted by Gasteiger charge is 2.21. The van der Waals surface area contributed by atoms with Gasteiger partial charge in [0.2, 0.25) is 0 Å². The molecular formula is C54H34N2O. The van der Waals surface area contributed by atoms with Gasteiger partial charge in [0.25, 0.3) is 0 Å². The fourth-order valence-corrected chi connectivity index (χ4v) is 8.26. The maximum absolute atomic E-state index is 6.68. The van der Waals surface area contributed by atoms with Crippen LogP contribution in [0.2, 0.25) is 0 Å². The van der Waals surface area contributed by atoms with Crippen molar-refractivity contribution < 1.29 is 4.42 Å². The van der Waals surface area contributed by atoms with Crippen LogP contribution in [0.5, 0.6) is 0 Å². The molecule has 0 amide bonds. The number of fused-ring (bicyclic) bond motifs is 6. The molecule has 0 bridgehead atoms. The maximum atomic E-state index is 6.68. The molecule has 0 unspecified atom stereocenters. The van der Waals surface area contributed by atoms with Crippen LogP contribution in [0.15, 0.2) is 211 Å². The van der Waals surface area contributed by atoms with Crippen LogP contribution in [0, 0.1) is 0 Å². The van der Waals surface area contributed by atoms with E-state index in [-0.39, 0.29) is 0 Å². The van der Waals surface area contributed by atoms with Crippen molar-refractivity contribution in [3.8, 4) is 67.2 Å². The molecule has 0 atom stereocenters. The van der Waals surface area contributed by atoms with Crippen molar-refractivity contribution in [1.29, 1.82) is 0 Å². The molecule has 0 saturated carbocycles. The number of hydrogen-bond donors (Lipinski definition) is 0. The average molecular weight is 727 g/mol. The average Bonchev–Trinajstić information content (AvgIpc) is 3.68. The number of hydrogen-bond acceptors (Lipinski definition) is 3. The van der Waals surface area contributed by atoms with Gasteiger partial charge in [0, 0.05) is 11.1 Å². The third-order valence-electron chi connectivity index (χ3n) is 11.0. The number of aromatic nitrogens is 2. The Bertz CT molecular complexity index is 3230. The molecule has 57 heavy (non-hydrogen) atoms. The molecule has 2 heterocycles. The van der Waals surface area contributed by atoms with E-state index >= 15 is 0 Å². The van der Waals surface area contributed by atoms with Crippen LogP contribution in [-0.4, -0.2) is 9.97 Å². The molecule has 2 aromatic heterocycles. The summed E-state index contributed by atoms with van der Waals surface area (Å²) in [5, 5.41) is 5.53. The highest BCUT2D eigenvalue weighted by molar-refractivity contribution is 6.20. The summed E-state index contributed by atoms with van der Waals surface area (Å²) in [6.07, 6.45) is 0. The second kappa shape index (κ2) is 13.6. The lowest BCUT2D eigenvalue weighted by Gasteiger charge is -2.13. The zero-order chi connectivity index (χ0) is 37.7. The molecule has 11 aromatic rings. The predicted octanol–water partition coefficient (Wildman–Crippen LogP) is 14.7. The van der Waals surface area contributed by atoms with Gasteiger partial charge >= 0.3 is 0 Å². The molecule has 0 aliphatic carbocycles. The highest BCUT2D eigenvalue weighted by Crippen LogP contribution is 2.41. The molecule has 11 rings (SSSR count). The second-order valence-electron chi connectivity index (χ2n) is 14.6. The number of rotatable bonds is 6. The summed E-state index contributed by atoms with van der Waals surface area (Å²) in [5.41, 5.74) is 14.3. The number of nitrogens with zero attached hydrogens (tertiary/aromatic N) is 2. The first kappa shape index (κ1) is 32.8. The number of furan rings is 1. The van der Waals surface area contributed by atoms with Crippen molar-refractivity contribution in [3.05, 3.63) is 206 Å². The Balaban J connectivity index is 1.07. The fourth-order valence-electron chi connectivity index (χ4n) is 8.26. The van der Waals surface area contributed by atoms with E-state index in [2.05, 4.69) is 206 Å². The van der Waals surface area contributed by atoms with Gasteiger partial charge in [-0.2, -0.15) is 0 Å². The number of benzene rings is 9. The van der Waals surface area contributed by atoms with Crippen LogP contribution in [0.3, 0.4) is 0 Å². The molecule has 9 aromatic carbocycles. The lowest BCUT2D eigenvalue weighted by atomic mass is 9.92. The molecule has 0 N–H and O–H groups in total. The molecule has 0 radical (unpaired) electrons. The van der Waals surface area contributed by atoms with Gasteiger partial charge in [0.15, 0.2) is 11.4 Å². The molecule has 0 fully saturated rings. The predicted molar refractivity (Wildman–Crippen MR) is 237 cm³/mol. The summed E-state index contributed by atoms with van der Waals surface area (Å²) in [6, 6.07) is 73.0. The molecule has 0 aliphatic rings. The molecular weight excluding hydrogens is 693 g/mol. The summed E-state index contributed by atoms with van der Waals surface area (Å²) >= 11 is 0. The molecule has 3 nitrogen and oxygen atoms in total. The van der Waals surface area contributed by atoms with Gasteiger partial charge in [-0.05, 0) is 102 Å². The zero-order valence-corrected chi connectivity index (χ0v) is 30.9. The normalized spacial score (nSPS) is 11.5. The summed E-state index contributed by atoms with van der Waals surface area (Å²) < 4.78 is 6.68. The van der Waals surface area contributed by atoms with Gasteiger partial charge in [-0.1, -0.05) is 170 Å². The third kappa shape index (κ3) is 5.85. The van der Waals surface area contributed by atoms with Gasteiger partial charge in [-0.25, -0.2) is 9.97 Å². The van der Waals surface area contributed by atoms with Crippen molar-refractivity contribution in [3.63, 3.8) is 0 Å². The van der Waals surface area contributed by atoms with E-state index in [9.17, 15) is 0 Å². The Kier molecular flexibility index (Phi) is 7.82. The van der Waals surface area contributed by atoms with E-state index in [1.165, 1.54) is 27.8 Å². The van der Waals surface area contributed by atoms with Crippen molar-refractivity contribution in [2.45, 2.75) is 0 Å². The van der Waals surface area contributed by atoms with E-state index in [1.54, 1.807) is 0 Å². The zero-order valence-electron chi connectivity index (χ0n) is 30.9. The SMILES string of the molecule is c1ccc(-c2cc(-c3ccccc3)cc(-c3cccc(-c4cccc(-c5nc(-c6cccc7ccccc67)c6oc7ccc8ccccc8c7c6n5)c4)c3)c2)cc1. The van der Waals surface area contributed by atoms with Crippen molar-refractivity contribution >= 4 is 43.6 Å². The Morgan fingerprint density at radius 3 is 1.49 bits per heavy atom. The van der Waals surface area contributed by atoms with E-state index < -0.39 is 0 Å². The Morgan fingerprint density at radius 1 is 0.333 bits per heavy atom. The largest absolute Gasteiger partial charge is 0.452 e. The first-order valence-corrected chi connectivity index (χ1v) is 19.3. The first-order chi connectivity index (χ1) is 28.2. The Morgan fingerprint density at radius 2 is 0.807 bits per heavy atom. The van der Waals surface area contributed by atoms with E-state index in [4.69, 9.17) is 14.4 Å². The minimum atomic E-state index is 0.655. The molecule has 3 heteroatoms. The first-order valence-electron chi connectivity index (χ1n) is 19.3. The van der Waals surface area contributed by atoms with Crippen LogP contribution >= 0.6 is 0 Å². The quantitative estimate of drug-likeness (QED) is 0.171. The molecule has 0 aliphatic heterocycles. The van der Waals surface area contributed by atoms with Crippen LogP contribution in [0.1, 0.15) is 0 Å². The van der Waals surface area contributed by atoms with Crippen molar-refractivity contribution in [2.75, 3.05) is 0 Å². The van der Waals surface area contributed by atoms with E-state index in [0.29, 0.717) is 11.4 Å². The summed E-state index contributed by atoms with van der Waals surface area (Å²) in [7, 11) is 0. The monoisotopic (exact) mass is 726 g/mol. The minimum Gasteiger partial charge on any atom is -0.452 e. The lowest BCUT2D eigenvalue weighted by Crippen LogP contribution is -1.95. The van der Waals surface area contributed by atoms with Gasteiger partial charge < -0.3 is 4.42 Å². The van der Waals surface area contributed by atoms with E-state index in [1.807, 2.05) is 0 Å². The van der Waals surface area contributed by atoms with Gasteiger partial charge in [0.1, 0.15) is 16.8 Å². The van der Waals surface area contributed by atoms with E-state index in [0.717, 1.165) is 71.5 Å². The minimum absolute atomic E-state index is 0.655. The summed E-state index contributed by atoms with van der Waals surface area (Å²) in [5.74, 6) is 0.655. The smallest absolute Gasteiger partial charge is 0.180 e. The Labute approximate surface area is 330 Å². The van der Waals surface area contributed by atoms with Gasteiger partial charge in [-0.3, -0.25) is 0 Å². The maximum Gasteiger partial charge on any atom is 0.180 e. The standard InChI is InChI=1S/C54H34N2O/c1-3-14-35(15-4-1)43-32-44(36-16-5-2-6-17-36)34-45(33-43)41-23-11-21-39(30-41)40-22-12-24-42(31-40)54-55-51(48-27-13-20-37-18-7-9-25-46(37)48)53-52(56-54)50-47-26-10-8-19-38(47)28-29-49(50)57-53/h1-34H. The fraction of sp³-hybridized carbons (Fsp3) is 0. The molecule has 0 saturated heterocycles. The Hall–Kier alpha value is -7.62. The lowest BCUT2D eigenvalue weighted by molar-refractivity contribution is 0.667. The van der Waals surface area contributed by atoms with Gasteiger partial charge in [-0.15, -0.1) is 0 Å². The van der Waals surface area contributed by atoms with Crippen molar-refractivity contribution in [1.82, 2.24) is 9.97 Å². The van der Waals surface area contributed by atoms with Crippen LogP contribution in [0.25, 0.3) is 111 Å². The molecule has 0 spiro atoms.